The van der Waals surface area contributed by atoms with Gasteiger partial charge >= 0.3 is 6.09 Å². The predicted octanol–water partition coefficient (Wildman–Crippen LogP) is 5.59. The lowest BCUT2D eigenvalue weighted by Crippen LogP contribution is -2.46. The summed E-state index contributed by atoms with van der Waals surface area (Å²) < 4.78 is 5.70. The highest BCUT2D eigenvalue weighted by Gasteiger charge is 2.48. The lowest BCUT2D eigenvalue weighted by Gasteiger charge is -2.34. The van der Waals surface area contributed by atoms with Gasteiger partial charge < -0.3 is 19.4 Å². The number of hydrogen-bond donors (Lipinski definition) is 0. The zero-order valence-corrected chi connectivity index (χ0v) is 24.0. The number of nitrogens with zero attached hydrogens (tertiary/aromatic N) is 3. The molecule has 1 aromatic rings. The van der Waals surface area contributed by atoms with Gasteiger partial charge in [-0.05, 0) is 62.1 Å². The highest BCUT2D eigenvalue weighted by Crippen LogP contribution is 2.47. The van der Waals surface area contributed by atoms with Crippen LogP contribution in [0.15, 0.2) is 18.2 Å². The predicted molar refractivity (Wildman–Crippen MR) is 147 cm³/mol. The smallest absolute Gasteiger partial charge is 0.409 e. The van der Waals surface area contributed by atoms with Gasteiger partial charge in [-0.1, -0.05) is 49.0 Å². The molecule has 9 heteroatoms. The molecular formula is C29H39Cl2N3O4. The van der Waals surface area contributed by atoms with Gasteiger partial charge in [0.1, 0.15) is 0 Å². The molecule has 7 nitrogen and oxygen atoms in total. The van der Waals surface area contributed by atoms with Gasteiger partial charge in [0, 0.05) is 50.5 Å². The first kappa shape index (κ1) is 27.6. The molecule has 2 saturated carbocycles. The summed E-state index contributed by atoms with van der Waals surface area (Å²) in [5.74, 6) is 0.574. The maximum Gasteiger partial charge on any atom is 0.409 e. The molecule has 2 aliphatic carbocycles. The van der Waals surface area contributed by atoms with Gasteiger partial charge in [-0.3, -0.25) is 9.59 Å². The lowest BCUT2D eigenvalue weighted by molar-refractivity contribution is -0.142. The van der Waals surface area contributed by atoms with Crippen LogP contribution in [0, 0.1) is 17.3 Å². The van der Waals surface area contributed by atoms with E-state index in [4.69, 9.17) is 27.9 Å². The van der Waals surface area contributed by atoms with Crippen molar-refractivity contribution in [2.45, 2.75) is 70.3 Å². The van der Waals surface area contributed by atoms with E-state index in [0.717, 1.165) is 31.2 Å². The van der Waals surface area contributed by atoms with Crippen LogP contribution in [0.5, 0.6) is 0 Å². The summed E-state index contributed by atoms with van der Waals surface area (Å²) in [4.78, 5) is 45.0. The minimum atomic E-state index is -0.346. The van der Waals surface area contributed by atoms with Crippen molar-refractivity contribution in [3.8, 4) is 0 Å². The third-order valence-electron chi connectivity index (χ3n) is 9.32. The standard InChI is InChI=1S/C29H39Cl2N3O4/c1-29(11-12-29)27(36)33-13-9-20(10-14-33)26(35)34-16-22(21-7-8-23(30)24(31)15-21)25(17-34)32(2)28(37)38-18-19-5-3-4-6-19/h7-8,15,19-20,22,25H,3-6,9-14,16-18H2,1-2H3/t22-,25?/m1/s1. The fraction of sp³-hybridized carbons (Fsp3) is 0.690. The number of likely N-dealkylation sites (tertiary alicyclic amines) is 2. The van der Waals surface area contributed by atoms with Gasteiger partial charge in [-0.15, -0.1) is 0 Å². The maximum absolute atomic E-state index is 13.7. The molecule has 208 valence electrons. The minimum Gasteiger partial charge on any atom is -0.449 e. The third-order valence-corrected chi connectivity index (χ3v) is 10.1. The highest BCUT2D eigenvalue weighted by molar-refractivity contribution is 6.42. The number of likely N-dealkylation sites (N-methyl/N-ethyl adjacent to an activating group) is 1. The Morgan fingerprint density at radius 2 is 1.68 bits per heavy atom. The van der Waals surface area contributed by atoms with Crippen molar-refractivity contribution >= 4 is 41.1 Å². The Morgan fingerprint density at radius 3 is 2.32 bits per heavy atom. The van der Waals surface area contributed by atoms with Crippen LogP contribution in [-0.2, 0) is 14.3 Å². The molecule has 2 saturated heterocycles. The molecule has 1 unspecified atom stereocenters. The zero-order valence-electron chi connectivity index (χ0n) is 22.5. The number of halogens is 2. The third kappa shape index (κ3) is 5.79. The second kappa shape index (κ2) is 11.2. The van der Waals surface area contributed by atoms with Gasteiger partial charge in [0.2, 0.25) is 11.8 Å². The Kier molecular flexibility index (Phi) is 8.16. The minimum absolute atomic E-state index is 0.103. The first-order chi connectivity index (χ1) is 18.2. The molecule has 1 aromatic carbocycles. The van der Waals surface area contributed by atoms with Crippen LogP contribution in [0.25, 0.3) is 0 Å². The molecule has 2 aliphatic heterocycles. The Hall–Kier alpha value is -1.99. The normalized spacial score (nSPS) is 25.5. The molecule has 38 heavy (non-hydrogen) atoms. The Morgan fingerprint density at radius 1 is 1.00 bits per heavy atom. The Bertz CT molecular complexity index is 1060. The van der Waals surface area contributed by atoms with Crippen molar-refractivity contribution < 1.29 is 19.1 Å². The SMILES string of the molecule is CN(C(=O)OCC1CCCC1)C1CN(C(=O)C2CCN(C(=O)C3(C)CC3)CC2)C[C@@H]1c1ccc(Cl)c(Cl)c1. The van der Waals surface area contributed by atoms with E-state index in [0.29, 0.717) is 61.6 Å². The summed E-state index contributed by atoms with van der Waals surface area (Å²) >= 11 is 12.5. The molecule has 0 radical (unpaired) electrons. The quantitative estimate of drug-likeness (QED) is 0.452. The van der Waals surface area contributed by atoms with E-state index in [1.54, 1.807) is 18.0 Å². The molecule has 3 amide bonds. The summed E-state index contributed by atoms with van der Waals surface area (Å²) in [6.45, 7) is 4.69. The molecule has 2 heterocycles. The van der Waals surface area contributed by atoms with E-state index in [2.05, 4.69) is 0 Å². The van der Waals surface area contributed by atoms with Crippen LogP contribution in [-0.4, -0.2) is 78.5 Å². The largest absolute Gasteiger partial charge is 0.449 e. The van der Waals surface area contributed by atoms with Gasteiger partial charge in [0.05, 0.1) is 22.7 Å². The van der Waals surface area contributed by atoms with Crippen LogP contribution < -0.4 is 0 Å². The van der Waals surface area contributed by atoms with Gasteiger partial charge in [0.25, 0.3) is 0 Å². The van der Waals surface area contributed by atoms with Crippen LogP contribution in [0.4, 0.5) is 4.79 Å². The van der Waals surface area contributed by atoms with E-state index in [9.17, 15) is 14.4 Å². The van der Waals surface area contributed by atoms with Crippen molar-refractivity contribution in [1.29, 1.82) is 0 Å². The van der Waals surface area contributed by atoms with E-state index in [1.807, 2.05) is 28.9 Å². The lowest BCUT2D eigenvalue weighted by atomic mass is 9.93. The van der Waals surface area contributed by atoms with E-state index in [1.165, 1.54) is 12.8 Å². The molecule has 5 rings (SSSR count). The molecule has 0 spiro atoms. The van der Waals surface area contributed by atoms with Crippen LogP contribution in [0.2, 0.25) is 10.0 Å². The van der Waals surface area contributed by atoms with Crippen LogP contribution in [0.3, 0.4) is 0 Å². The summed E-state index contributed by atoms with van der Waals surface area (Å²) in [7, 11) is 1.77. The highest BCUT2D eigenvalue weighted by atomic mass is 35.5. The Balaban J connectivity index is 1.26. The molecule has 4 aliphatic rings. The number of piperidine rings is 1. The zero-order chi connectivity index (χ0) is 27.0. The monoisotopic (exact) mass is 563 g/mol. The fourth-order valence-electron chi connectivity index (χ4n) is 6.40. The number of ether oxygens (including phenoxy) is 1. The Labute approximate surface area is 235 Å². The average Bonchev–Trinajstić information content (AvgIpc) is 3.30. The van der Waals surface area contributed by atoms with Crippen LogP contribution >= 0.6 is 23.2 Å². The maximum atomic E-state index is 13.7. The van der Waals surface area contributed by atoms with Crippen molar-refractivity contribution in [2.24, 2.45) is 17.3 Å². The molecule has 0 N–H and O–H groups in total. The summed E-state index contributed by atoms with van der Waals surface area (Å²) in [5, 5.41) is 0.934. The van der Waals surface area contributed by atoms with Gasteiger partial charge in [0.15, 0.2) is 0 Å². The van der Waals surface area contributed by atoms with E-state index in [-0.39, 0.29) is 41.2 Å². The van der Waals surface area contributed by atoms with E-state index < -0.39 is 0 Å². The first-order valence-electron chi connectivity index (χ1n) is 14.1. The van der Waals surface area contributed by atoms with Gasteiger partial charge in [-0.25, -0.2) is 4.79 Å². The molecule has 0 aromatic heterocycles. The van der Waals surface area contributed by atoms with Crippen molar-refractivity contribution in [1.82, 2.24) is 14.7 Å². The van der Waals surface area contributed by atoms with E-state index >= 15 is 0 Å². The number of amides is 3. The molecule has 0 bridgehead atoms. The summed E-state index contributed by atoms with van der Waals surface area (Å²) in [5.41, 5.74) is 0.775. The summed E-state index contributed by atoms with van der Waals surface area (Å²) in [6, 6.07) is 5.31. The number of rotatable bonds is 6. The second-order valence-electron chi connectivity index (χ2n) is 12.1. The average molecular weight is 565 g/mol. The number of carbonyl (C=O) groups excluding carboxylic acids is 3. The molecule has 2 atom stereocenters. The van der Waals surface area contributed by atoms with Crippen molar-refractivity contribution in [3.63, 3.8) is 0 Å². The van der Waals surface area contributed by atoms with Crippen LogP contribution in [0.1, 0.15) is 69.8 Å². The molecular weight excluding hydrogens is 525 g/mol. The fourth-order valence-corrected chi connectivity index (χ4v) is 6.71. The van der Waals surface area contributed by atoms with Gasteiger partial charge in [-0.2, -0.15) is 0 Å². The van der Waals surface area contributed by atoms with Crippen molar-refractivity contribution in [3.05, 3.63) is 33.8 Å². The number of hydrogen-bond acceptors (Lipinski definition) is 4. The molecule has 4 fully saturated rings. The summed E-state index contributed by atoms with van der Waals surface area (Å²) in [6.07, 6.45) is 7.56. The second-order valence-corrected chi connectivity index (χ2v) is 12.9. The first-order valence-corrected chi connectivity index (χ1v) is 14.8. The topological polar surface area (TPSA) is 70.2 Å². The van der Waals surface area contributed by atoms with Crippen molar-refractivity contribution in [2.75, 3.05) is 39.8 Å². The number of carbonyl (C=O) groups is 3. The number of benzene rings is 1.